The fourth-order valence-electron chi connectivity index (χ4n) is 2.29. The number of benzene rings is 1. The summed E-state index contributed by atoms with van der Waals surface area (Å²) in [6.45, 7) is 2.93. The molecule has 2 rings (SSSR count). The van der Waals surface area contributed by atoms with Crippen LogP contribution in [0.4, 0.5) is 0 Å². The van der Waals surface area contributed by atoms with Gasteiger partial charge in [0.1, 0.15) is 17.3 Å². The second-order valence-corrected chi connectivity index (χ2v) is 5.96. The number of nitrogens with one attached hydrogen (secondary N) is 1. The second-order valence-electron chi connectivity index (χ2n) is 5.10. The van der Waals surface area contributed by atoms with E-state index in [1.165, 1.54) is 5.56 Å². The van der Waals surface area contributed by atoms with E-state index in [1.54, 1.807) is 18.9 Å². The van der Waals surface area contributed by atoms with Gasteiger partial charge < -0.3 is 14.5 Å². The third-order valence-corrected chi connectivity index (χ3v) is 3.92. The van der Waals surface area contributed by atoms with Crippen molar-refractivity contribution in [2.24, 2.45) is 0 Å². The molecule has 0 saturated carbocycles. The first-order valence-electron chi connectivity index (χ1n) is 7.14. The summed E-state index contributed by atoms with van der Waals surface area (Å²) in [5.41, 5.74) is 1.22. The third-order valence-electron chi connectivity index (χ3n) is 3.35. The van der Waals surface area contributed by atoms with Crippen LogP contribution in [-0.4, -0.2) is 19.4 Å². The van der Waals surface area contributed by atoms with Gasteiger partial charge in [0.25, 0.3) is 0 Å². The van der Waals surface area contributed by atoms with Crippen molar-refractivity contribution in [2.45, 2.75) is 31.7 Å². The van der Waals surface area contributed by atoms with Crippen LogP contribution in [0, 0.1) is 0 Å². The van der Waals surface area contributed by atoms with Gasteiger partial charge in [-0.3, -0.25) is 0 Å². The number of furan rings is 1. The number of thioether (sulfide) groups is 1. The minimum atomic E-state index is 0.357. The van der Waals surface area contributed by atoms with Crippen LogP contribution in [0.1, 0.15) is 24.0 Å². The quantitative estimate of drug-likeness (QED) is 0.803. The minimum Gasteiger partial charge on any atom is -0.496 e. The number of para-hydroxylation sites is 1. The van der Waals surface area contributed by atoms with Gasteiger partial charge in [-0.15, -0.1) is 0 Å². The maximum Gasteiger partial charge on any atom is 0.122 e. The van der Waals surface area contributed by atoms with Crippen molar-refractivity contribution in [1.82, 2.24) is 5.32 Å². The molecule has 114 valence electrons. The summed E-state index contributed by atoms with van der Waals surface area (Å²) in [6, 6.07) is 12.6. The first kappa shape index (κ1) is 16.0. The van der Waals surface area contributed by atoms with Gasteiger partial charge in [0, 0.05) is 6.04 Å². The van der Waals surface area contributed by atoms with Crippen LogP contribution >= 0.6 is 11.8 Å². The molecule has 0 radical (unpaired) electrons. The van der Waals surface area contributed by atoms with E-state index in [2.05, 4.69) is 30.6 Å². The molecular weight excluding hydrogens is 282 g/mol. The molecule has 0 aliphatic rings. The number of rotatable bonds is 8. The maximum absolute atomic E-state index is 5.76. The van der Waals surface area contributed by atoms with Crippen LogP contribution in [0.5, 0.6) is 5.75 Å². The molecule has 1 N–H and O–H groups in total. The highest BCUT2D eigenvalue weighted by Gasteiger charge is 2.09. The molecule has 0 spiro atoms. The first-order chi connectivity index (χ1) is 10.2. The molecule has 1 heterocycles. The van der Waals surface area contributed by atoms with Crippen LogP contribution in [0.3, 0.4) is 0 Å². The summed E-state index contributed by atoms with van der Waals surface area (Å²) in [6.07, 6.45) is 3.01. The Morgan fingerprint density at radius 1 is 1.19 bits per heavy atom. The zero-order valence-corrected chi connectivity index (χ0v) is 13.7. The summed E-state index contributed by atoms with van der Waals surface area (Å²) in [4.78, 5) is 0. The highest BCUT2D eigenvalue weighted by atomic mass is 32.2. The van der Waals surface area contributed by atoms with Gasteiger partial charge in [-0.1, -0.05) is 18.2 Å². The Kier molecular flexibility index (Phi) is 6.21. The SMILES string of the molecule is COc1ccccc1CC(C)NCc1ccc(CSC)o1. The number of hydrogen-bond acceptors (Lipinski definition) is 4. The first-order valence-corrected chi connectivity index (χ1v) is 8.54. The molecule has 1 aromatic carbocycles. The van der Waals surface area contributed by atoms with Crippen LogP contribution in [-0.2, 0) is 18.7 Å². The lowest BCUT2D eigenvalue weighted by Gasteiger charge is -2.15. The molecule has 3 nitrogen and oxygen atoms in total. The van der Waals surface area contributed by atoms with E-state index < -0.39 is 0 Å². The molecule has 0 fully saturated rings. The van der Waals surface area contributed by atoms with Gasteiger partial charge in [0.15, 0.2) is 0 Å². The zero-order valence-electron chi connectivity index (χ0n) is 12.9. The Morgan fingerprint density at radius 2 is 1.95 bits per heavy atom. The Balaban J connectivity index is 1.85. The van der Waals surface area contributed by atoms with E-state index in [1.807, 2.05) is 24.3 Å². The predicted molar refractivity (Wildman–Crippen MR) is 88.9 cm³/mol. The average Bonchev–Trinajstić information content (AvgIpc) is 2.94. The molecule has 1 aromatic heterocycles. The van der Waals surface area contributed by atoms with Crippen molar-refractivity contribution in [1.29, 1.82) is 0 Å². The van der Waals surface area contributed by atoms with E-state index in [0.717, 1.165) is 36.0 Å². The van der Waals surface area contributed by atoms with Gasteiger partial charge in [0.05, 0.1) is 19.4 Å². The van der Waals surface area contributed by atoms with E-state index in [-0.39, 0.29) is 0 Å². The van der Waals surface area contributed by atoms with E-state index in [9.17, 15) is 0 Å². The van der Waals surface area contributed by atoms with Gasteiger partial charge in [-0.2, -0.15) is 11.8 Å². The van der Waals surface area contributed by atoms with Crippen LogP contribution in [0.25, 0.3) is 0 Å². The van der Waals surface area contributed by atoms with Crippen molar-refractivity contribution in [2.75, 3.05) is 13.4 Å². The lowest BCUT2D eigenvalue weighted by atomic mass is 10.1. The van der Waals surface area contributed by atoms with Gasteiger partial charge in [-0.25, -0.2) is 0 Å². The van der Waals surface area contributed by atoms with Crippen LogP contribution in [0.2, 0.25) is 0 Å². The summed E-state index contributed by atoms with van der Waals surface area (Å²) in [7, 11) is 1.72. The van der Waals surface area contributed by atoms with Gasteiger partial charge >= 0.3 is 0 Å². The molecular formula is C17H23NO2S. The van der Waals surface area contributed by atoms with Crippen LogP contribution < -0.4 is 10.1 Å². The predicted octanol–water partition coefficient (Wildman–Crippen LogP) is 3.87. The topological polar surface area (TPSA) is 34.4 Å². The van der Waals surface area contributed by atoms with Crippen molar-refractivity contribution >= 4 is 11.8 Å². The van der Waals surface area contributed by atoms with E-state index in [4.69, 9.17) is 9.15 Å². The van der Waals surface area contributed by atoms with Crippen molar-refractivity contribution < 1.29 is 9.15 Å². The molecule has 4 heteroatoms. The summed E-state index contributed by atoms with van der Waals surface area (Å²) < 4.78 is 11.2. The van der Waals surface area contributed by atoms with Crippen molar-refractivity contribution in [3.8, 4) is 5.75 Å². The molecule has 1 unspecified atom stereocenters. The highest BCUT2D eigenvalue weighted by Crippen LogP contribution is 2.19. The maximum atomic E-state index is 5.76. The summed E-state index contributed by atoms with van der Waals surface area (Å²) in [5, 5.41) is 3.50. The molecule has 0 amide bonds. The zero-order chi connectivity index (χ0) is 15.1. The van der Waals surface area contributed by atoms with Crippen molar-refractivity contribution in [3.63, 3.8) is 0 Å². The molecule has 0 aliphatic heterocycles. The molecule has 21 heavy (non-hydrogen) atoms. The van der Waals surface area contributed by atoms with Crippen LogP contribution in [0.15, 0.2) is 40.8 Å². The molecule has 0 aliphatic carbocycles. The standard InChI is InChI=1S/C17H23NO2S/c1-13(10-14-6-4-5-7-17(14)19-2)18-11-15-8-9-16(20-15)12-21-3/h4-9,13,18H,10-12H2,1-3H3. The largest absolute Gasteiger partial charge is 0.496 e. The van der Waals surface area contributed by atoms with Crippen molar-refractivity contribution in [3.05, 3.63) is 53.5 Å². The minimum absolute atomic E-state index is 0.357. The molecule has 1 atom stereocenters. The average molecular weight is 305 g/mol. The number of hydrogen-bond donors (Lipinski definition) is 1. The number of methoxy groups -OCH3 is 1. The smallest absolute Gasteiger partial charge is 0.122 e. The van der Waals surface area contributed by atoms with Gasteiger partial charge in [-0.05, 0) is 43.4 Å². The number of ether oxygens (including phenoxy) is 1. The lowest BCUT2D eigenvalue weighted by Crippen LogP contribution is -2.27. The molecule has 0 saturated heterocycles. The fourth-order valence-corrected chi connectivity index (χ4v) is 2.73. The summed E-state index contributed by atoms with van der Waals surface area (Å²) in [5.74, 6) is 3.91. The third kappa shape index (κ3) is 4.83. The summed E-state index contributed by atoms with van der Waals surface area (Å²) >= 11 is 1.77. The highest BCUT2D eigenvalue weighted by molar-refractivity contribution is 7.97. The Hall–Kier alpha value is -1.39. The normalized spacial score (nSPS) is 12.3. The Bertz CT molecular complexity index is 553. The van der Waals surface area contributed by atoms with Gasteiger partial charge in [0.2, 0.25) is 0 Å². The monoisotopic (exact) mass is 305 g/mol. The van der Waals surface area contributed by atoms with E-state index >= 15 is 0 Å². The molecule has 0 bridgehead atoms. The fraction of sp³-hybridized carbons (Fsp3) is 0.412. The Morgan fingerprint density at radius 3 is 2.71 bits per heavy atom. The second kappa shape index (κ2) is 8.15. The molecule has 2 aromatic rings. The van der Waals surface area contributed by atoms with E-state index in [0.29, 0.717) is 6.04 Å². The lowest BCUT2D eigenvalue weighted by molar-refractivity contribution is 0.403. The Labute approximate surface area is 131 Å².